The van der Waals surface area contributed by atoms with Gasteiger partial charge in [0.1, 0.15) is 0 Å². The fourth-order valence-electron chi connectivity index (χ4n) is 1.25. The molecule has 0 aromatic rings. The van der Waals surface area contributed by atoms with Gasteiger partial charge in [0.15, 0.2) is 0 Å². The predicted molar refractivity (Wildman–Crippen MR) is 50.8 cm³/mol. The molecule has 0 aliphatic carbocycles. The Morgan fingerprint density at radius 3 is 2.92 bits per heavy atom. The Balaban J connectivity index is 0.00000144. The maximum atomic E-state index is 11.2. The number of carbonyl (C=O) groups excluding carboxylic acids is 1. The highest BCUT2D eigenvalue weighted by molar-refractivity contribution is 5.85. The van der Waals surface area contributed by atoms with Crippen molar-refractivity contribution >= 4 is 18.4 Å². The smallest absolute Gasteiger partial charge is 0.312 e. The second-order valence-corrected chi connectivity index (χ2v) is 2.89. The van der Waals surface area contributed by atoms with E-state index in [2.05, 4.69) is 0 Å². The molecule has 0 spiro atoms. The number of ether oxygens (including phenoxy) is 2. The monoisotopic (exact) mass is 209 g/mol. The maximum absolute atomic E-state index is 11.2. The van der Waals surface area contributed by atoms with E-state index in [-0.39, 0.29) is 30.3 Å². The highest BCUT2D eigenvalue weighted by Gasteiger charge is 2.29. The van der Waals surface area contributed by atoms with E-state index in [1.54, 1.807) is 6.92 Å². The van der Waals surface area contributed by atoms with Crippen molar-refractivity contribution in [1.82, 2.24) is 0 Å². The predicted octanol–water partition coefficient (Wildman–Crippen LogP) is 0.335. The highest BCUT2D eigenvalue weighted by atomic mass is 35.5. The van der Waals surface area contributed by atoms with Crippen LogP contribution in [0, 0.1) is 5.92 Å². The fourth-order valence-corrected chi connectivity index (χ4v) is 1.25. The fraction of sp³-hybridized carbons (Fsp3) is 0.875. The van der Waals surface area contributed by atoms with E-state index in [0.29, 0.717) is 19.8 Å². The molecule has 1 rings (SSSR count). The van der Waals surface area contributed by atoms with Crippen molar-refractivity contribution < 1.29 is 14.3 Å². The van der Waals surface area contributed by atoms with Gasteiger partial charge < -0.3 is 15.2 Å². The quantitative estimate of drug-likeness (QED) is 0.667. The molecule has 4 nitrogen and oxygen atoms in total. The first-order valence-electron chi connectivity index (χ1n) is 4.25. The molecule has 1 aliphatic heterocycles. The standard InChI is InChI=1S/C8H15NO3.ClH/c1-2-12-8(10)6-5-11-4-3-7(6)9;/h6-7H,2-5,9H2,1H3;1H. The largest absolute Gasteiger partial charge is 0.466 e. The molecule has 0 saturated carbocycles. The Bertz CT molecular complexity index is 165. The van der Waals surface area contributed by atoms with Crippen molar-refractivity contribution in [2.45, 2.75) is 19.4 Å². The molecule has 78 valence electrons. The summed E-state index contributed by atoms with van der Waals surface area (Å²) in [7, 11) is 0. The number of hydrogen-bond acceptors (Lipinski definition) is 4. The van der Waals surface area contributed by atoms with Gasteiger partial charge in [-0.15, -0.1) is 12.4 Å². The van der Waals surface area contributed by atoms with Crippen molar-refractivity contribution in [1.29, 1.82) is 0 Å². The average Bonchev–Trinajstić information content (AvgIpc) is 2.05. The van der Waals surface area contributed by atoms with Crippen LogP contribution in [0.5, 0.6) is 0 Å². The molecule has 1 aliphatic rings. The van der Waals surface area contributed by atoms with Gasteiger partial charge in [-0.1, -0.05) is 0 Å². The van der Waals surface area contributed by atoms with Crippen LogP contribution >= 0.6 is 12.4 Å². The van der Waals surface area contributed by atoms with Gasteiger partial charge >= 0.3 is 5.97 Å². The van der Waals surface area contributed by atoms with E-state index in [0.717, 1.165) is 6.42 Å². The average molecular weight is 210 g/mol. The molecule has 2 atom stereocenters. The second-order valence-electron chi connectivity index (χ2n) is 2.89. The third-order valence-electron chi connectivity index (χ3n) is 2.00. The maximum Gasteiger partial charge on any atom is 0.312 e. The molecule has 0 radical (unpaired) electrons. The van der Waals surface area contributed by atoms with Crippen molar-refractivity contribution in [2.75, 3.05) is 19.8 Å². The van der Waals surface area contributed by atoms with E-state index in [1.165, 1.54) is 0 Å². The number of halogens is 1. The van der Waals surface area contributed by atoms with Gasteiger partial charge in [0, 0.05) is 12.6 Å². The van der Waals surface area contributed by atoms with Gasteiger partial charge in [-0.05, 0) is 13.3 Å². The van der Waals surface area contributed by atoms with Crippen LogP contribution < -0.4 is 5.73 Å². The number of carbonyl (C=O) groups is 1. The van der Waals surface area contributed by atoms with Crippen LogP contribution in [0.4, 0.5) is 0 Å². The Hall–Kier alpha value is -0.320. The van der Waals surface area contributed by atoms with E-state index < -0.39 is 0 Å². The zero-order valence-electron chi connectivity index (χ0n) is 7.69. The summed E-state index contributed by atoms with van der Waals surface area (Å²) in [5, 5.41) is 0. The minimum atomic E-state index is -0.265. The normalized spacial score (nSPS) is 27.5. The van der Waals surface area contributed by atoms with Gasteiger partial charge in [0.25, 0.3) is 0 Å². The summed E-state index contributed by atoms with van der Waals surface area (Å²) in [5.74, 6) is -0.497. The summed E-state index contributed by atoms with van der Waals surface area (Å²) < 4.78 is 9.99. The van der Waals surface area contributed by atoms with Crippen LogP contribution in [-0.2, 0) is 14.3 Å². The molecule has 0 amide bonds. The number of rotatable bonds is 2. The summed E-state index contributed by atoms with van der Waals surface area (Å²) in [5.41, 5.74) is 5.73. The van der Waals surface area contributed by atoms with Crippen LogP contribution in [0.15, 0.2) is 0 Å². The molecule has 2 N–H and O–H groups in total. The summed E-state index contributed by atoms with van der Waals surface area (Å²) >= 11 is 0. The first-order valence-corrected chi connectivity index (χ1v) is 4.25. The molecule has 0 aromatic heterocycles. The Labute approximate surface area is 84.2 Å². The van der Waals surface area contributed by atoms with Crippen molar-refractivity contribution in [2.24, 2.45) is 11.7 Å². The Morgan fingerprint density at radius 2 is 2.38 bits per heavy atom. The topological polar surface area (TPSA) is 61.5 Å². The SMILES string of the molecule is CCOC(=O)C1COCCC1N.Cl. The zero-order chi connectivity index (χ0) is 8.97. The van der Waals surface area contributed by atoms with E-state index >= 15 is 0 Å². The molecule has 5 heteroatoms. The summed E-state index contributed by atoms with van der Waals surface area (Å²) in [4.78, 5) is 11.2. The lowest BCUT2D eigenvalue weighted by atomic mass is 9.97. The molecule has 0 aromatic carbocycles. The lowest BCUT2D eigenvalue weighted by Gasteiger charge is -2.26. The molecular formula is C8H16ClNO3. The summed E-state index contributed by atoms with van der Waals surface area (Å²) in [6.45, 7) is 3.24. The Kier molecular flexibility index (Phi) is 6.03. The first kappa shape index (κ1) is 12.7. The third kappa shape index (κ3) is 3.50. The van der Waals surface area contributed by atoms with Gasteiger partial charge in [-0.2, -0.15) is 0 Å². The second kappa shape index (κ2) is 6.18. The zero-order valence-corrected chi connectivity index (χ0v) is 8.51. The first-order chi connectivity index (χ1) is 5.75. The van der Waals surface area contributed by atoms with Gasteiger partial charge in [-0.3, -0.25) is 4.79 Å². The van der Waals surface area contributed by atoms with Crippen molar-refractivity contribution in [3.63, 3.8) is 0 Å². The molecule has 13 heavy (non-hydrogen) atoms. The highest BCUT2D eigenvalue weighted by Crippen LogP contribution is 2.13. The molecule has 1 heterocycles. The van der Waals surface area contributed by atoms with Crippen LogP contribution in [0.1, 0.15) is 13.3 Å². The van der Waals surface area contributed by atoms with Crippen LogP contribution in [0.25, 0.3) is 0 Å². The number of nitrogens with two attached hydrogens (primary N) is 1. The number of hydrogen-bond donors (Lipinski definition) is 1. The minimum Gasteiger partial charge on any atom is -0.466 e. The molecule has 0 bridgehead atoms. The molecular weight excluding hydrogens is 194 g/mol. The van der Waals surface area contributed by atoms with Crippen molar-refractivity contribution in [3.8, 4) is 0 Å². The molecule has 1 fully saturated rings. The lowest BCUT2D eigenvalue weighted by Crippen LogP contribution is -2.43. The molecule has 1 saturated heterocycles. The van der Waals surface area contributed by atoms with Gasteiger partial charge in [0.05, 0.1) is 19.1 Å². The number of esters is 1. The van der Waals surface area contributed by atoms with Crippen LogP contribution in [0.2, 0.25) is 0 Å². The minimum absolute atomic E-state index is 0. The van der Waals surface area contributed by atoms with E-state index in [1.807, 2.05) is 0 Å². The third-order valence-corrected chi connectivity index (χ3v) is 2.00. The van der Waals surface area contributed by atoms with Gasteiger partial charge in [0.2, 0.25) is 0 Å². The lowest BCUT2D eigenvalue weighted by molar-refractivity contribution is -0.153. The summed E-state index contributed by atoms with van der Waals surface area (Å²) in [6.07, 6.45) is 0.740. The Morgan fingerprint density at radius 1 is 1.69 bits per heavy atom. The van der Waals surface area contributed by atoms with Crippen LogP contribution in [-0.4, -0.2) is 31.8 Å². The van der Waals surface area contributed by atoms with E-state index in [4.69, 9.17) is 15.2 Å². The van der Waals surface area contributed by atoms with Gasteiger partial charge in [-0.25, -0.2) is 0 Å². The molecule has 2 unspecified atom stereocenters. The van der Waals surface area contributed by atoms with E-state index in [9.17, 15) is 4.79 Å². The van der Waals surface area contributed by atoms with Crippen molar-refractivity contribution in [3.05, 3.63) is 0 Å². The van der Waals surface area contributed by atoms with Crippen LogP contribution in [0.3, 0.4) is 0 Å². The summed E-state index contributed by atoms with van der Waals surface area (Å²) in [6, 6.07) is -0.0993.